The number of hydrogen-bond acceptors (Lipinski definition) is 3. The summed E-state index contributed by atoms with van der Waals surface area (Å²) in [5.74, 6) is 0.232. The Morgan fingerprint density at radius 2 is 1.64 bits per heavy atom. The number of carbonyl (C=O) groups is 1. The lowest BCUT2D eigenvalue weighted by atomic mass is 9.93. The van der Waals surface area contributed by atoms with Gasteiger partial charge in [-0.15, -0.1) is 0 Å². The normalized spacial score (nSPS) is 12.9. The van der Waals surface area contributed by atoms with E-state index in [9.17, 15) is 9.90 Å². The molecule has 0 radical (unpaired) electrons. The SMILES string of the molecule is Cc1ccc([C@@H](C(=O)NC(C)(C)Cc2ccc(O)cc2)N(C)C)cc1. The largest absolute Gasteiger partial charge is 0.508 e. The number of aromatic hydroxyl groups is 1. The summed E-state index contributed by atoms with van der Waals surface area (Å²) in [6, 6.07) is 14.8. The summed E-state index contributed by atoms with van der Waals surface area (Å²) in [6.07, 6.45) is 0.688. The number of rotatable bonds is 6. The van der Waals surface area contributed by atoms with Crippen LogP contribution in [0.25, 0.3) is 0 Å². The number of likely N-dealkylation sites (N-methyl/N-ethyl adjacent to an activating group) is 1. The van der Waals surface area contributed by atoms with Crippen molar-refractivity contribution in [1.82, 2.24) is 10.2 Å². The second kappa shape index (κ2) is 7.70. The van der Waals surface area contributed by atoms with Crippen LogP contribution in [0.4, 0.5) is 0 Å². The molecule has 0 fully saturated rings. The molecule has 0 aliphatic rings. The Labute approximate surface area is 150 Å². The van der Waals surface area contributed by atoms with Crippen molar-refractivity contribution < 1.29 is 9.90 Å². The van der Waals surface area contributed by atoms with Gasteiger partial charge in [0.25, 0.3) is 0 Å². The van der Waals surface area contributed by atoms with Crippen molar-refractivity contribution >= 4 is 5.91 Å². The van der Waals surface area contributed by atoms with Crippen molar-refractivity contribution in [3.05, 3.63) is 65.2 Å². The molecule has 2 aromatic carbocycles. The third kappa shape index (κ3) is 5.33. The zero-order valence-electron chi connectivity index (χ0n) is 15.7. The van der Waals surface area contributed by atoms with E-state index in [4.69, 9.17) is 0 Å². The van der Waals surface area contributed by atoms with Crippen molar-refractivity contribution in [1.29, 1.82) is 0 Å². The van der Waals surface area contributed by atoms with Gasteiger partial charge in [-0.25, -0.2) is 0 Å². The summed E-state index contributed by atoms with van der Waals surface area (Å²) in [4.78, 5) is 14.9. The molecule has 4 nitrogen and oxygen atoms in total. The van der Waals surface area contributed by atoms with Crippen LogP contribution >= 0.6 is 0 Å². The van der Waals surface area contributed by atoms with E-state index < -0.39 is 5.54 Å². The van der Waals surface area contributed by atoms with Gasteiger partial charge in [0.05, 0.1) is 0 Å². The fraction of sp³-hybridized carbons (Fsp3) is 0.381. The summed E-state index contributed by atoms with van der Waals surface area (Å²) in [5.41, 5.74) is 2.83. The second-order valence-electron chi connectivity index (χ2n) is 7.49. The van der Waals surface area contributed by atoms with E-state index in [-0.39, 0.29) is 17.7 Å². The Morgan fingerprint density at radius 1 is 1.08 bits per heavy atom. The predicted octanol–water partition coefficient (Wildman–Crippen LogP) is 3.44. The van der Waals surface area contributed by atoms with Gasteiger partial charge in [-0.3, -0.25) is 9.69 Å². The van der Waals surface area contributed by atoms with Crippen molar-refractivity contribution in [3.63, 3.8) is 0 Å². The van der Waals surface area contributed by atoms with Gasteiger partial charge in [-0.2, -0.15) is 0 Å². The van der Waals surface area contributed by atoms with Crippen molar-refractivity contribution in [2.75, 3.05) is 14.1 Å². The van der Waals surface area contributed by atoms with Gasteiger partial charge < -0.3 is 10.4 Å². The summed E-state index contributed by atoms with van der Waals surface area (Å²) in [6.45, 7) is 6.06. The van der Waals surface area contributed by atoms with Gasteiger partial charge in [0, 0.05) is 5.54 Å². The Kier molecular flexibility index (Phi) is 5.85. The fourth-order valence-corrected chi connectivity index (χ4v) is 3.00. The minimum atomic E-state index is -0.396. The van der Waals surface area contributed by atoms with Gasteiger partial charge in [0.2, 0.25) is 5.91 Å². The highest BCUT2D eigenvalue weighted by atomic mass is 16.3. The maximum Gasteiger partial charge on any atom is 0.242 e. The molecule has 0 aromatic heterocycles. The first-order valence-electron chi connectivity index (χ1n) is 8.51. The molecular formula is C21H28N2O2. The van der Waals surface area contributed by atoms with E-state index in [1.165, 1.54) is 5.56 Å². The van der Waals surface area contributed by atoms with Crippen molar-refractivity contribution in [2.45, 2.75) is 38.8 Å². The number of phenolic OH excluding ortho intramolecular Hbond substituents is 1. The lowest BCUT2D eigenvalue weighted by Crippen LogP contribution is -2.49. The van der Waals surface area contributed by atoms with E-state index in [1.54, 1.807) is 12.1 Å². The minimum Gasteiger partial charge on any atom is -0.508 e. The Morgan fingerprint density at radius 3 is 2.16 bits per heavy atom. The van der Waals surface area contributed by atoms with Gasteiger partial charge in [0.1, 0.15) is 11.8 Å². The standard InChI is InChI=1S/C21H28N2O2/c1-15-6-10-17(11-7-15)19(23(4)5)20(25)22-21(2,3)14-16-8-12-18(24)13-9-16/h6-13,19,24H,14H2,1-5H3,(H,22,25)/t19-/m0/s1. The molecule has 4 heteroatoms. The number of benzene rings is 2. The number of nitrogens with one attached hydrogen (secondary N) is 1. The summed E-state index contributed by atoms with van der Waals surface area (Å²) >= 11 is 0. The van der Waals surface area contributed by atoms with Crippen LogP contribution in [0.1, 0.15) is 36.6 Å². The van der Waals surface area contributed by atoms with Crippen LogP contribution in [-0.4, -0.2) is 35.5 Å². The van der Waals surface area contributed by atoms with Crippen LogP contribution in [0, 0.1) is 6.92 Å². The number of aryl methyl sites for hydroxylation is 1. The highest BCUT2D eigenvalue weighted by Crippen LogP contribution is 2.22. The smallest absolute Gasteiger partial charge is 0.242 e. The third-order valence-electron chi connectivity index (χ3n) is 4.20. The average Bonchev–Trinajstić information content (AvgIpc) is 2.50. The Balaban J connectivity index is 2.13. The maximum absolute atomic E-state index is 12.9. The maximum atomic E-state index is 12.9. The first-order chi connectivity index (χ1) is 11.7. The molecule has 0 unspecified atom stereocenters. The first kappa shape index (κ1) is 19.0. The Bertz CT molecular complexity index is 704. The zero-order valence-corrected chi connectivity index (χ0v) is 15.7. The number of hydrogen-bond donors (Lipinski definition) is 2. The molecule has 0 bridgehead atoms. The Hall–Kier alpha value is -2.33. The molecule has 25 heavy (non-hydrogen) atoms. The molecule has 0 saturated carbocycles. The predicted molar refractivity (Wildman–Crippen MR) is 102 cm³/mol. The first-order valence-corrected chi connectivity index (χ1v) is 8.51. The van der Waals surface area contributed by atoms with Crippen LogP contribution in [0.3, 0.4) is 0 Å². The molecule has 0 saturated heterocycles. The summed E-state index contributed by atoms with van der Waals surface area (Å²) < 4.78 is 0. The molecule has 0 aliphatic carbocycles. The molecule has 0 aliphatic heterocycles. The molecule has 0 spiro atoms. The quantitative estimate of drug-likeness (QED) is 0.847. The van der Waals surface area contributed by atoms with Crippen LogP contribution in [-0.2, 0) is 11.2 Å². The fourth-order valence-electron chi connectivity index (χ4n) is 3.00. The highest BCUT2D eigenvalue weighted by molar-refractivity contribution is 5.83. The van der Waals surface area contributed by atoms with Gasteiger partial charge in [-0.1, -0.05) is 42.0 Å². The van der Waals surface area contributed by atoms with E-state index in [2.05, 4.69) is 5.32 Å². The third-order valence-corrected chi connectivity index (χ3v) is 4.20. The number of nitrogens with zero attached hydrogens (tertiary/aromatic N) is 1. The molecule has 2 rings (SSSR count). The van der Waals surface area contributed by atoms with E-state index >= 15 is 0 Å². The molecule has 1 atom stereocenters. The lowest BCUT2D eigenvalue weighted by molar-refractivity contribution is -0.127. The zero-order chi connectivity index (χ0) is 18.6. The lowest BCUT2D eigenvalue weighted by Gasteiger charge is -2.31. The number of carbonyl (C=O) groups excluding carboxylic acids is 1. The molecule has 2 aromatic rings. The van der Waals surface area contributed by atoms with E-state index in [0.717, 1.165) is 11.1 Å². The number of phenols is 1. The molecule has 2 N–H and O–H groups in total. The summed E-state index contributed by atoms with van der Waals surface area (Å²) in [5, 5.41) is 12.6. The second-order valence-corrected chi connectivity index (χ2v) is 7.49. The minimum absolute atomic E-state index is 0.0161. The van der Waals surface area contributed by atoms with Crippen molar-refractivity contribution in [3.8, 4) is 5.75 Å². The molecular weight excluding hydrogens is 312 g/mol. The van der Waals surface area contributed by atoms with Gasteiger partial charge in [0.15, 0.2) is 0 Å². The van der Waals surface area contributed by atoms with Gasteiger partial charge >= 0.3 is 0 Å². The van der Waals surface area contributed by atoms with Crippen LogP contribution < -0.4 is 5.32 Å². The monoisotopic (exact) mass is 340 g/mol. The molecule has 1 amide bonds. The van der Waals surface area contributed by atoms with E-state index in [0.29, 0.717) is 6.42 Å². The molecule has 134 valence electrons. The summed E-state index contributed by atoms with van der Waals surface area (Å²) in [7, 11) is 3.83. The van der Waals surface area contributed by atoms with Crippen LogP contribution in [0.15, 0.2) is 48.5 Å². The topological polar surface area (TPSA) is 52.6 Å². The average molecular weight is 340 g/mol. The van der Waals surface area contributed by atoms with Crippen molar-refractivity contribution in [2.24, 2.45) is 0 Å². The van der Waals surface area contributed by atoms with Crippen LogP contribution in [0.5, 0.6) is 5.75 Å². The number of amides is 1. The van der Waals surface area contributed by atoms with Crippen LogP contribution in [0.2, 0.25) is 0 Å². The van der Waals surface area contributed by atoms with E-state index in [1.807, 2.05) is 76.2 Å². The van der Waals surface area contributed by atoms with Gasteiger partial charge in [-0.05, 0) is 64.5 Å². The molecule has 0 heterocycles. The highest BCUT2D eigenvalue weighted by Gasteiger charge is 2.28.